The molecular weight excluding hydrogens is 395 g/mol. The number of methoxy groups -OCH3 is 1. The lowest BCUT2D eigenvalue weighted by molar-refractivity contribution is -0.128. The number of hydrazine groups is 1. The van der Waals surface area contributed by atoms with Crippen molar-refractivity contribution in [2.45, 2.75) is 13.0 Å². The molecule has 2 aromatic carbocycles. The minimum atomic E-state index is -0.857. The van der Waals surface area contributed by atoms with Crippen LogP contribution in [0.15, 0.2) is 46.9 Å². The summed E-state index contributed by atoms with van der Waals surface area (Å²) in [6.45, 7) is 1.53. The van der Waals surface area contributed by atoms with Crippen LogP contribution < -0.4 is 20.3 Å². The van der Waals surface area contributed by atoms with Gasteiger partial charge in [0, 0.05) is 4.47 Å². The summed E-state index contributed by atoms with van der Waals surface area (Å²) in [5.74, 6) is -1.19. The maximum absolute atomic E-state index is 13.3. The van der Waals surface area contributed by atoms with Gasteiger partial charge in [0.05, 0.1) is 12.7 Å². The van der Waals surface area contributed by atoms with Crippen molar-refractivity contribution < 1.29 is 23.5 Å². The molecule has 0 radical (unpaired) electrons. The summed E-state index contributed by atoms with van der Waals surface area (Å²) in [6, 6.07) is 10.5. The van der Waals surface area contributed by atoms with Gasteiger partial charge < -0.3 is 9.47 Å². The molecule has 0 aliphatic carbocycles. The van der Waals surface area contributed by atoms with E-state index in [0.717, 1.165) is 10.5 Å². The summed E-state index contributed by atoms with van der Waals surface area (Å²) in [6.07, 6.45) is -0.857. The Morgan fingerprint density at radius 1 is 1.16 bits per heavy atom. The molecule has 8 heteroatoms. The van der Waals surface area contributed by atoms with Gasteiger partial charge in [0.1, 0.15) is 17.3 Å². The highest BCUT2D eigenvalue weighted by Gasteiger charge is 2.18. The Morgan fingerprint density at radius 2 is 1.92 bits per heavy atom. The van der Waals surface area contributed by atoms with Crippen molar-refractivity contribution in [3.63, 3.8) is 0 Å². The zero-order valence-electron chi connectivity index (χ0n) is 13.5. The first kappa shape index (κ1) is 18.7. The molecule has 2 N–H and O–H groups in total. The molecule has 0 aliphatic rings. The molecule has 2 aromatic rings. The SMILES string of the molecule is COc1ccc(F)cc1C(=O)NNC(=O)C(C)Oc1cccc(Br)c1. The molecule has 0 bridgehead atoms. The van der Waals surface area contributed by atoms with Gasteiger partial charge in [0.15, 0.2) is 6.10 Å². The second kappa shape index (κ2) is 8.48. The Morgan fingerprint density at radius 3 is 2.60 bits per heavy atom. The highest BCUT2D eigenvalue weighted by atomic mass is 79.9. The fraction of sp³-hybridized carbons (Fsp3) is 0.176. The maximum atomic E-state index is 13.3. The third-order valence-corrected chi connectivity index (χ3v) is 3.68. The van der Waals surface area contributed by atoms with Crippen molar-refractivity contribution in [2.75, 3.05) is 7.11 Å². The van der Waals surface area contributed by atoms with E-state index in [0.29, 0.717) is 5.75 Å². The van der Waals surface area contributed by atoms with Crippen LogP contribution in [0.25, 0.3) is 0 Å². The molecule has 2 amide bonds. The quantitative estimate of drug-likeness (QED) is 0.743. The van der Waals surface area contributed by atoms with Crippen LogP contribution in [0.3, 0.4) is 0 Å². The Balaban J connectivity index is 1.95. The summed E-state index contributed by atoms with van der Waals surface area (Å²) >= 11 is 3.30. The lowest BCUT2D eigenvalue weighted by Crippen LogP contribution is -2.47. The zero-order chi connectivity index (χ0) is 18.4. The van der Waals surface area contributed by atoms with Crippen LogP contribution >= 0.6 is 15.9 Å². The average molecular weight is 411 g/mol. The molecule has 2 rings (SSSR count). The minimum Gasteiger partial charge on any atom is -0.496 e. The molecule has 25 heavy (non-hydrogen) atoms. The van der Waals surface area contributed by atoms with E-state index in [4.69, 9.17) is 9.47 Å². The van der Waals surface area contributed by atoms with E-state index in [2.05, 4.69) is 26.8 Å². The van der Waals surface area contributed by atoms with E-state index >= 15 is 0 Å². The molecule has 132 valence electrons. The van der Waals surface area contributed by atoms with Crippen molar-refractivity contribution >= 4 is 27.7 Å². The molecule has 0 saturated carbocycles. The number of carbonyl (C=O) groups excluding carboxylic acids is 2. The largest absolute Gasteiger partial charge is 0.496 e. The number of benzene rings is 2. The number of halogens is 2. The second-order valence-electron chi connectivity index (χ2n) is 5.01. The first-order valence-corrected chi connectivity index (χ1v) is 8.06. The van der Waals surface area contributed by atoms with Gasteiger partial charge in [-0.05, 0) is 43.3 Å². The number of nitrogens with one attached hydrogen (secondary N) is 2. The number of amides is 2. The molecule has 0 spiro atoms. The summed E-state index contributed by atoms with van der Waals surface area (Å²) in [5.41, 5.74) is 4.40. The number of hydrogen-bond acceptors (Lipinski definition) is 4. The summed E-state index contributed by atoms with van der Waals surface area (Å²) < 4.78 is 24.6. The lowest BCUT2D eigenvalue weighted by atomic mass is 10.2. The number of carbonyl (C=O) groups is 2. The Kier molecular flexibility index (Phi) is 6.35. The molecule has 0 heterocycles. The van der Waals surface area contributed by atoms with Crippen LogP contribution in [-0.4, -0.2) is 25.0 Å². The topological polar surface area (TPSA) is 76.7 Å². The van der Waals surface area contributed by atoms with Crippen molar-refractivity contribution in [1.82, 2.24) is 10.9 Å². The van der Waals surface area contributed by atoms with E-state index < -0.39 is 23.7 Å². The smallest absolute Gasteiger partial charge is 0.279 e. The zero-order valence-corrected chi connectivity index (χ0v) is 15.1. The van der Waals surface area contributed by atoms with Gasteiger partial charge in [-0.1, -0.05) is 22.0 Å². The lowest BCUT2D eigenvalue weighted by Gasteiger charge is -2.16. The van der Waals surface area contributed by atoms with Crippen molar-refractivity contribution in [2.24, 2.45) is 0 Å². The minimum absolute atomic E-state index is 0.0386. The van der Waals surface area contributed by atoms with Crippen LogP contribution in [0, 0.1) is 5.82 Å². The standard InChI is InChI=1S/C17H16BrFN2O4/c1-10(25-13-5-3-4-11(18)8-13)16(22)20-21-17(23)14-9-12(19)6-7-15(14)24-2/h3-10H,1-2H3,(H,20,22)(H,21,23). The van der Waals surface area contributed by atoms with Gasteiger partial charge in [0.25, 0.3) is 11.8 Å². The van der Waals surface area contributed by atoms with Gasteiger partial charge in [-0.15, -0.1) is 0 Å². The molecule has 0 aromatic heterocycles. The monoisotopic (exact) mass is 410 g/mol. The van der Waals surface area contributed by atoms with Crippen molar-refractivity contribution in [3.8, 4) is 11.5 Å². The Labute approximate surface area is 152 Å². The third-order valence-electron chi connectivity index (χ3n) is 3.18. The molecule has 0 fully saturated rings. The predicted octanol–water partition coefficient (Wildman–Crippen LogP) is 2.83. The van der Waals surface area contributed by atoms with Crippen LogP contribution in [0.1, 0.15) is 17.3 Å². The number of rotatable bonds is 5. The Hall–Kier alpha value is -2.61. The van der Waals surface area contributed by atoms with Crippen LogP contribution in [0.2, 0.25) is 0 Å². The van der Waals surface area contributed by atoms with Gasteiger partial charge >= 0.3 is 0 Å². The number of hydrogen-bond donors (Lipinski definition) is 2. The predicted molar refractivity (Wildman–Crippen MR) is 92.8 cm³/mol. The molecule has 6 nitrogen and oxygen atoms in total. The highest BCUT2D eigenvalue weighted by Crippen LogP contribution is 2.20. The normalized spacial score (nSPS) is 11.4. The molecule has 0 saturated heterocycles. The fourth-order valence-electron chi connectivity index (χ4n) is 1.94. The van der Waals surface area contributed by atoms with E-state index in [9.17, 15) is 14.0 Å². The summed E-state index contributed by atoms with van der Waals surface area (Å²) in [5, 5.41) is 0. The van der Waals surface area contributed by atoms with Crippen molar-refractivity contribution in [3.05, 3.63) is 58.3 Å². The third kappa shape index (κ3) is 5.18. The molecule has 1 unspecified atom stereocenters. The van der Waals surface area contributed by atoms with E-state index in [1.807, 2.05) is 6.07 Å². The average Bonchev–Trinajstić information content (AvgIpc) is 2.59. The molecule has 1 atom stereocenters. The molecular formula is C17H16BrFN2O4. The van der Waals surface area contributed by atoms with E-state index in [1.165, 1.54) is 26.2 Å². The second-order valence-corrected chi connectivity index (χ2v) is 5.92. The summed E-state index contributed by atoms with van der Waals surface area (Å²) in [7, 11) is 1.36. The van der Waals surface area contributed by atoms with Gasteiger partial charge in [-0.3, -0.25) is 20.4 Å². The van der Waals surface area contributed by atoms with Crippen LogP contribution in [-0.2, 0) is 4.79 Å². The van der Waals surface area contributed by atoms with Gasteiger partial charge in [0.2, 0.25) is 0 Å². The van der Waals surface area contributed by atoms with Crippen molar-refractivity contribution in [1.29, 1.82) is 0 Å². The van der Waals surface area contributed by atoms with Gasteiger partial charge in [-0.2, -0.15) is 0 Å². The van der Waals surface area contributed by atoms with E-state index in [-0.39, 0.29) is 11.3 Å². The highest BCUT2D eigenvalue weighted by molar-refractivity contribution is 9.10. The Bertz CT molecular complexity index is 785. The van der Waals surface area contributed by atoms with Gasteiger partial charge in [-0.25, -0.2) is 4.39 Å². The molecule has 0 aliphatic heterocycles. The van der Waals surface area contributed by atoms with Crippen LogP contribution in [0.5, 0.6) is 11.5 Å². The van der Waals surface area contributed by atoms with E-state index in [1.54, 1.807) is 18.2 Å². The fourth-order valence-corrected chi connectivity index (χ4v) is 2.32. The first-order valence-electron chi connectivity index (χ1n) is 7.26. The van der Waals surface area contributed by atoms with Crippen LogP contribution in [0.4, 0.5) is 4.39 Å². The first-order chi connectivity index (χ1) is 11.9. The summed E-state index contributed by atoms with van der Waals surface area (Å²) in [4.78, 5) is 24.1. The maximum Gasteiger partial charge on any atom is 0.279 e. The number of ether oxygens (including phenoxy) is 2.